The summed E-state index contributed by atoms with van der Waals surface area (Å²) in [5, 5.41) is 1.25. The fraction of sp³-hybridized carbons (Fsp3) is 0.381. The van der Waals surface area contributed by atoms with Crippen molar-refractivity contribution in [2.24, 2.45) is 0 Å². The zero-order chi connectivity index (χ0) is 17.9. The van der Waals surface area contributed by atoms with Crippen LogP contribution >= 0.6 is 0 Å². The molecule has 0 aromatic heterocycles. The maximum absolute atomic E-state index is 13.3. The van der Waals surface area contributed by atoms with Gasteiger partial charge >= 0.3 is 0 Å². The quantitative estimate of drug-likeness (QED) is 0.724. The van der Waals surface area contributed by atoms with E-state index in [0.717, 1.165) is 29.8 Å². The van der Waals surface area contributed by atoms with Crippen LogP contribution in [0.2, 0.25) is 19.6 Å². The van der Waals surface area contributed by atoms with Crippen LogP contribution in [0.1, 0.15) is 29.8 Å². The number of amides is 1. The molecule has 0 fully saturated rings. The van der Waals surface area contributed by atoms with Crippen molar-refractivity contribution in [3.8, 4) is 11.1 Å². The smallest absolute Gasteiger partial charge is 0.254 e. The second kappa shape index (κ2) is 7.35. The maximum atomic E-state index is 13.3. The third-order valence-electron chi connectivity index (χ3n) is 4.57. The van der Waals surface area contributed by atoms with E-state index >= 15 is 0 Å². The molecule has 2 nitrogen and oxygen atoms in total. The van der Waals surface area contributed by atoms with Gasteiger partial charge in [0.2, 0.25) is 0 Å². The Kier molecular flexibility index (Phi) is 5.65. The van der Waals surface area contributed by atoms with Crippen molar-refractivity contribution < 1.29 is 4.79 Å². The first-order valence-corrected chi connectivity index (χ1v) is 12.3. The van der Waals surface area contributed by atoms with Gasteiger partial charge < -0.3 is 4.90 Å². The number of rotatable bonds is 5. The molecule has 0 atom stereocenters. The number of benzene rings is 2. The Morgan fingerprint density at radius 1 is 0.917 bits per heavy atom. The van der Waals surface area contributed by atoms with Gasteiger partial charge in [-0.3, -0.25) is 4.79 Å². The van der Waals surface area contributed by atoms with Crippen LogP contribution in [0.4, 0.5) is 0 Å². The van der Waals surface area contributed by atoms with Crippen molar-refractivity contribution in [2.45, 2.75) is 40.4 Å². The van der Waals surface area contributed by atoms with Gasteiger partial charge in [0, 0.05) is 18.7 Å². The summed E-state index contributed by atoms with van der Waals surface area (Å²) in [6.07, 6.45) is 0. The largest absolute Gasteiger partial charge is 0.339 e. The highest BCUT2D eigenvalue weighted by Crippen LogP contribution is 2.28. The van der Waals surface area contributed by atoms with Crippen LogP contribution in [0, 0.1) is 6.92 Å². The lowest BCUT2D eigenvalue weighted by molar-refractivity contribution is 0.0775. The highest BCUT2D eigenvalue weighted by molar-refractivity contribution is 6.89. The summed E-state index contributed by atoms with van der Waals surface area (Å²) in [6, 6.07) is 14.7. The van der Waals surface area contributed by atoms with Gasteiger partial charge in [-0.15, -0.1) is 0 Å². The zero-order valence-corrected chi connectivity index (χ0v) is 16.8. The molecule has 0 heterocycles. The molecule has 0 bridgehead atoms. The third kappa shape index (κ3) is 3.62. The van der Waals surface area contributed by atoms with Crippen LogP contribution in [0.3, 0.4) is 0 Å². The predicted molar refractivity (Wildman–Crippen MR) is 107 cm³/mol. The van der Waals surface area contributed by atoms with Crippen molar-refractivity contribution >= 4 is 19.2 Å². The van der Waals surface area contributed by atoms with Crippen LogP contribution in [-0.2, 0) is 0 Å². The van der Waals surface area contributed by atoms with Gasteiger partial charge in [0.05, 0.1) is 8.07 Å². The van der Waals surface area contributed by atoms with Gasteiger partial charge in [0.15, 0.2) is 0 Å². The molecular weight excluding hydrogens is 310 g/mol. The molecule has 128 valence electrons. The second-order valence-corrected chi connectivity index (χ2v) is 12.3. The molecule has 1 amide bonds. The van der Waals surface area contributed by atoms with E-state index in [1.807, 2.05) is 24.8 Å². The van der Waals surface area contributed by atoms with E-state index < -0.39 is 8.07 Å². The van der Waals surface area contributed by atoms with Gasteiger partial charge in [0.25, 0.3) is 5.91 Å². The molecule has 2 aromatic rings. The van der Waals surface area contributed by atoms with E-state index in [9.17, 15) is 4.79 Å². The molecule has 0 saturated heterocycles. The average molecular weight is 340 g/mol. The first-order valence-electron chi connectivity index (χ1n) is 8.80. The van der Waals surface area contributed by atoms with Gasteiger partial charge in [0.1, 0.15) is 0 Å². The van der Waals surface area contributed by atoms with E-state index in [-0.39, 0.29) is 5.91 Å². The molecule has 24 heavy (non-hydrogen) atoms. The van der Waals surface area contributed by atoms with E-state index in [4.69, 9.17) is 0 Å². The Morgan fingerprint density at radius 2 is 1.50 bits per heavy atom. The number of nitrogens with zero attached hydrogens (tertiary/aromatic N) is 1. The lowest BCUT2D eigenvalue weighted by Crippen LogP contribution is -2.44. The first kappa shape index (κ1) is 18.5. The van der Waals surface area contributed by atoms with Crippen molar-refractivity contribution in [1.82, 2.24) is 4.90 Å². The average Bonchev–Trinajstić information content (AvgIpc) is 2.55. The number of hydrogen-bond donors (Lipinski definition) is 0. The standard InChI is InChI=1S/C21H29NOSi/c1-7-22(8-2)21(23)20-18(17-13-10-9-12-16(17)3)14-11-15-19(20)24(4,5)6/h9-15H,7-8H2,1-6H3. The Bertz CT molecular complexity index is 727. The van der Waals surface area contributed by atoms with E-state index in [1.54, 1.807) is 0 Å². The van der Waals surface area contributed by atoms with Crippen molar-refractivity contribution in [3.63, 3.8) is 0 Å². The summed E-state index contributed by atoms with van der Waals surface area (Å²) in [6.45, 7) is 14.6. The first-order chi connectivity index (χ1) is 11.3. The monoisotopic (exact) mass is 339 g/mol. The Morgan fingerprint density at radius 3 is 2.04 bits per heavy atom. The fourth-order valence-electron chi connectivity index (χ4n) is 3.18. The van der Waals surface area contributed by atoms with Gasteiger partial charge in [-0.05, 0) is 42.6 Å². The van der Waals surface area contributed by atoms with Crippen molar-refractivity contribution in [2.75, 3.05) is 13.1 Å². The van der Waals surface area contributed by atoms with Crippen molar-refractivity contribution in [1.29, 1.82) is 0 Å². The Balaban J connectivity index is 2.77. The minimum atomic E-state index is -1.64. The van der Waals surface area contributed by atoms with Crippen LogP contribution in [0.15, 0.2) is 42.5 Å². The molecule has 0 unspecified atom stereocenters. The molecule has 0 N–H and O–H groups in total. The zero-order valence-electron chi connectivity index (χ0n) is 15.8. The normalized spacial score (nSPS) is 11.4. The van der Waals surface area contributed by atoms with Gasteiger partial charge in [-0.1, -0.05) is 62.1 Å². The molecule has 2 rings (SSSR count). The summed E-state index contributed by atoms with van der Waals surface area (Å²) in [7, 11) is -1.64. The summed E-state index contributed by atoms with van der Waals surface area (Å²) in [5.74, 6) is 0.163. The van der Waals surface area contributed by atoms with Crippen LogP contribution in [-0.4, -0.2) is 32.0 Å². The molecular formula is C21H29NOSi. The molecule has 0 saturated carbocycles. The van der Waals surface area contributed by atoms with Crippen LogP contribution in [0.5, 0.6) is 0 Å². The molecule has 0 radical (unpaired) electrons. The van der Waals surface area contributed by atoms with E-state index in [2.05, 4.69) is 63.0 Å². The maximum Gasteiger partial charge on any atom is 0.254 e. The SMILES string of the molecule is CCN(CC)C(=O)c1c(-c2ccccc2C)cccc1[Si](C)(C)C. The lowest BCUT2D eigenvalue weighted by atomic mass is 9.95. The molecule has 0 aliphatic carbocycles. The number of carbonyl (C=O) groups excluding carboxylic acids is 1. The van der Waals surface area contributed by atoms with E-state index in [0.29, 0.717) is 0 Å². The van der Waals surface area contributed by atoms with E-state index in [1.165, 1.54) is 10.8 Å². The summed E-state index contributed by atoms with van der Waals surface area (Å²) in [4.78, 5) is 15.3. The lowest BCUT2D eigenvalue weighted by Gasteiger charge is -2.27. The third-order valence-corrected chi connectivity index (χ3v) is 6.60. The number of carbonyl (C=O) groups is 1. The van der Waals surface area contributed by atoms with Gasteiger partial charge in [-0.2, -0.15) is 0 Å². The van der Waals surface area contributed by atoms with Crippen molar-refractivity contribution in [3.05, 3.63) is 53.6 Å². The highest BCUT2D eigenvalue weighted by atomic mass is 28.3. The Hall–Kier alpha value is -1.87. The van der Waals surface area contributed by atoms with Gasteiger partial charge in [-0.25, -0.2) is 0 Å². The fourth-order valence-corrected chi connectivity index (χ4v) is 4.76. The summed E-state index contributed by atoms with van der Waals surface area (Å²) < 4.78 is 0. The topological polar surface area (TPSA) is 20.3 Å². The predicted octanol–water partition coefficient (Wildman–Crippen LogP) is 4.69. The molecule has 0 spiro atoms. The number of hydrogen-bond acceptors (Lipinski definition) is 1. The molecule has 3 heteroatoms. The molecule has 0 aliphatic rings. The highest BCUT2D eigenvalue weighted by Gasteiger charge is 2.28. The number of aryl methyl sites for hydroxylation is 1. The molecule has 2 aromatic carbocycles. The Labute approximate surface area is 147 Å². The minimum absolute atomic E-state index is 0.163. The summed E-state index contributed by atoms with van der Waals surface area (Å²) >= 11 is 0. The van der Waals surface area contributed by atoms with Crippen LogP contribution in [0.25, 0.3) is 11.1 Å². The summed E-state index contributed by atoms with van der Waals surface area (Å²) in [5.41, 5.74) is 4.35. The van der Waals surface area contributed by atoms with Crippen LogP contribution < -0.4 is 5.19 Å². The second-order valence-electron chi connectivity index (χ2n) is 7.27. The minimum Gasteiger partial charge on any atom is -0.339 e. The molecule has 0 aliphatic heterocycles.